The molecule has 25 heavy (non-hydrogen) atoms. The number of benzene rings is 3. The summed E-state index contributed by atoms with van der Waals surface area (Å²) in [7, 11) is 0. The maximum absolute atomic E-state index is 12.0. The maximum atomic E-state index is 12.0. The van der Waals surface area contributed by atoms with Gasteiger partial charge in [0.1, 0.15) is 11.8 Å². The number of ether oxygens (including phenoxy) is 1. The molecule has 3 rings (SSSR count). The molecule has 0 aromatic heterocycles. The fourth-order valence-corrected chi connectivity index (χ4v) is 2.40. The molecule has 4 nitrogen and oxygen atoms in total. The van der Waals surface area contributed by atoms with E-state index < -0.39 is 0 Å². The molecule has 0 radical (unpaired) electrons. The van der Waals surface area contributed by atoms with Crippen molar-refractivity contribution in [3.8, 4) is 22.9 Å². The van der Waals surface area contributed by atoms with Crippen LogP contribution in [0.25, 0.3) is 11.1 Å². The quantitative estimate of drug-likeness (QED) is 0.762. The van der Waals surface area contributed by atoms with Crippen molar-refractivity contribution in [1.82, 2.24) is 0 Å². The highest BCUT2D eigenvalue weighted by atomic mass is 16.5. The summed E-state index contributed by atoms with van der Waals surface area (Å²) in [4.78, 5) is 12.0. The van der Waals surface area contributed by atoms with Crippen molar-refractivity contribution in [2.75, 3.05) is 11.9 Å². The predicted molar refractivity (Wildman–Crippen MR) is 97.2 cm³/mol. The second-order valence-electron chi connectivity index (χ2n) is 5.38. The summed E-state index contributed by atoms with van der Waals surface area (Å²) in [6, 6.07) is 26.5. The van der Waals surface area contributed by atoms with E-state index in [1.54, 1.807) is 24.3 Å². The van der Waals surface area contributed by atoms with E-state index in [4.69, 9.17) is 10.00 Å². The van der Waals surface area contributed by atoms with Crippen LogP contribution < -0.4 is 10.1 Å². The largest absolute Gasteiger partial charge is 0.484 e. The minimum Gasteiger partial charge on any atom is -0.484 e. The Hall–Kier alpha value is -3.58. The Balaban J connectivity index is 1.58. The lowest BCUT2D eigenvalue weighted by atomic mass is 10.1. The average molecular weight is 328 g/mol. The van der Waals surface area contributed by atoms with Crippen LogP contribution in [-0.4, -0.2) is 12.5 Å². The Bertz CT molecular complexity index is 897. The maximum Gasteiger partial charge on any atom is 0.262 e. The number of para-hydroxylation sites is 1. The molecule has 1 amide bonds. The van der Waals surface area contributed by atoms with E-state index in [9.17, 15) is 4.79 Å². The average Bonchev–Trinajstić information content (AvgIpc) is 2.68. The summed E-state index contributed by atoms with van der Waals surface area (Å²) in [5.41, 5.74) is 3.11. The number of nitriles is 1. The Kier molecular flexibility index (Phi) is 5.08. The zero-order chi connectivity index (χ0) is 17.5. The van der Waals surface area contributed by atoms with Crippen LogP contribution in [0, 0.1) is 11.3 Å². The zero-order valence-corrected chi connectivity index (χ0v) is 13.5. The standard InChI is InChI=1S/C21H16N2O2/c22-14-18-8-4-5-9-20(18)23-21(24)15-25-19-12-10-17(11-13-19)16-6-2-1-3-7-16/h1-13H,15H2,(H,23,24). The predicted octanol–water partition coefficient (Wildman–Crippen LogP) is 4.24. The minimum absolute atomic E-state index is 0.121. The first kappa shape index (κ1) is 16.3. The van der Waals surface area contributed by atoms with E-state index in [0.29, 0.717) is 17.0 Å². The van der Waals surface area contributed by atoms with Gasteiger partial charge >= 0.3 is 0 Å². The Morgan fingerprint density at radius 3 is 2.24 bits per heavy atom. The molecule has 0 fully saturated rings. The van der Waals surface area contributed by atoms with Crippen LogP contribution in [0.3, 0.4) is 0 Å². The molecule has 3 aromatic rings. The number of nitrogens with one attached hydrogen (secondary N) is 1. The number of carbonyl (C=O) groups is 1. The molecule has 0 saturated carbocycles. The summed E-state index contributed by atoms with van der Waals surface area (Å²) in [5.74, 6) is 0.304. The molecule has 0 atom stereocenters. The summed E-state index contributed by atoms with van der Waals surface area (Å²) >= 11 is 0. The normalized spacial score (nSPS) is 9.88. The summed E-state index contributed by atoms with van der Waals surface area (Å²) in [6.45, 7) is -0.121. The van der Waals surface area contributed by atoms with Gasteiger partial charge in [0.05, 0.1) is 11.3 Å². The van der Waals surface area contributed by atoms with Crippen LogP contribution in [0.5, 0.6) is 5.75 Å². The highest BCUT2D eigenvalue weighted by molar-refractivity contribution is 5.93. The molecule has 0 unspecified atom stereocenters. The Morgan fingerprint density at radius 1 is 0.880 bits per heavy atom. The lowest BCUT2D eigenvalue weighted by Crippen LogP contribution is -2.20. The molecule has 0 aliphatic heterocycles. The lowest BCUT2D eigenvalue weighted by Gasteiger charge is -2.09. The first-order chi connectivity index (χ1) is 12.3. The van der Waals surface area contributed by atoms with Gasteiger partial charge in [-0.25, -0.2) is 0 Å². The van der Waals surface area contributed by atoms with Gasteiger partial charge in [-0.2, -0.15) is 5.26 Å². The molecular weight excluding hydrogens is 312 g/mol. The monoisotopic (exact) mass is 328 g/mol. The van der Waals surface area contributed by atoms with E-state index in [-0.39, 0.29) is 12.5 Å². The molecule has 1 N–H and O–H groups in total. The second-order valence-corrected chi connectivity index (χ2v) is 5.38. The third-order valence-corrected chi connectivity index (χ3v) is 3.65. The van der Waals surface area contributed by atoms with Crippen molar-refractivity contribution in [3.05, 3.63) is 84.4 Å². The number of nitrogens with zero attached hydrogens (tertiary/aromatic N) is 1. The molecule has 0 heterocycles. The van der Waals surface area contributed by atoms with Crippen LogP contribution in [0.1, 0.15) is 5.56 Å². The van der Waals surface area contributed by atoms with E-state index in [2.05, 4.69) is 5.32 Å². The molecule has 0 saturated heterocycles. The van der Waals surface area contributed by atoms with Crippen LogP contribution in [0.15, 0.2) is 78.9 Å². The molecule has 0 aliphatic carbocycles. The molecule has 122 valence electrons. The van der Waals surface area contributed by atoms with E-state index in [1.165, 1.54) is 0 Å². The summed E-state index contributed by atoms with van der Waals surface area (Å²) < 4.78 is 5.51. The van der Waals surface area contributed by atoms with Crippen molar-refractivity contribution in [2.24, 2.45) is 0 Å². The van der Waals surface area contributed by atoms with Crippen LogP contribution in [-0.2, 0) is 4.79 Å². The van der Waals surface area contributed by atoms with Crippen molar-refractivity contribution in [2.45, 2.75) is 0 Å². The van der Waals surface area contributed by atoms with E-state index >= 15 is 0 Å². The fraction of sp³-hybridized carbons (Fsp3) is 0.0476. The van der Waals surface area contributed by atoms with Gasteiger partial charge in [-0.05, 0) is 35.4 Å². The van der Waals surface area contributed by atoms with Gasteiger partial charge < -0.3 is 10.1 Å². The highest BCUT2D eigenvalue weighted by Gasteiger charge is 2.07. The second kappa shape index (κ2) is 7.80. The number of hydrogen-bond acceptors (Lipinski definition) is 3. The minimum atomic E-state index is -0.310. The molecule has 0 aliphatic rings. The number of anilines is 1. The van der Waals surface area contributed by atoms with Crippen molar-refractivity contribution >= 4 is 11.6 Å². The Morgan fingerprint density at radius 2 is 1.52 bits per heavy atom. The first-order valence-corrected chi connectivity index (χ1v) is 7.83. The first-order valence-electron chi connectivity index (χ1n) is 7.83. The molecule has 3 aromatic carbocycles. The van der Waals surface area contributed by atoms with Crippen LogP contribution >= 0.6 is 0 Å². The fourth-order valence-electron chi connectivity index (χ4n) is 2.40. The lowest BCUT2D eigenvalue weighted by molar-refractivity contribution is -0.118. The number of amides is 1. The Labute approximate surface area is 146 Å². The van der Waals surface area contributed by atoms with Gasteiger partial charge in [0.15, 0.2) is 6.61 Å². The van der Waals surface area contributed by atoms with Crippen molar-refractivity contribution in [1.29, 1.82) is 5.26 Å². The van der Waals surface area contributed by atoms with Gasteiger partial charge in [0.2, 0.25) is 0 Å². The van der Waals surface area contributed by atoms with E-state index in [0.717, 1.165) is 11.1 Å². The molecule has 0 spiro atoms. The summed E-state index contributed by atoms with van der Waals surface area (Å²) in [5, 5.41) is 11.7. The number of carbonyl (C=O) groups excluding carboxylic acids is 1. The third-order valence-electron chi connectivity index (χ3n) is 3.65. The topological polar surface area (TPSA) is 62.1 Å². The third kappa shape index (κ3) is 4.24. The SMILES string of the molecule is N#Cc1ccccc1NC(=O)COc1ccc(-c2ccccc2)cc1. The van der Waals surface area contributed by atoms with Crippen LogP contribution in [0.2, 0.25) is 0 Å². The van der Waals surface area contributed by atoms with Crippen LogP contribution in [0.4, 0.5) is 5.69 Å². The van der Waals surface area contributed by atoms with Gasteiger partial charge in [-0.1, -0.05) is 54.6 Å². The van der Waals surface area contributed by atoms with Gasteiger partial charge in [-0.3, -0.25) is 4.79 Å². The number of rotatable bonds is 5. The van der Waals surface area contributed by atoms with Crippen molar-refractivity contribution < 1.29 is 9.53 Å². The summed E-state index contributed by atoms with van der Waals surface area (Å²) in [6.07, 6.45) is 0. The van der Waals surface area contributed by atoms with Gasteiger partial charge in [0, 0.05) is 0 Å². The van der Waals surface area contributed by atoms with E-state index in [1.807, 2.05) is 60.7 Å². The highest BCUT2D eigenvalue weighted by Crippen LogP contribution is 2.22. The molecule has 0 bridgehead atoms. The number of hydrogen-bond donors (Lipinski definition) is 1. The van der Waals surface area contributed by atoms with Gasteiger partial charge in [0.25, 0.3) is 5.91 Å². The smallest absolute Gasteiger partial charge is 0.262 e. The molecule has 4 heteroatoms. The molecular formula is C21H16N2O2. The van der Waals surface area contributed by atoms with Gasteiger partial charge in [-0.15, -0.1) is 0 Å². The van der Waals surface area contributed by atoms with Crippen molar-refractivity contribution in [3.63, 3.8) is 0 Å². The zero-order valence-electron chi connectivity index (χ0n) is 13.5.